The molecule has 0 saturated carbocycles. The van der Waals surface area contributed by atoms with Gasteiger partial charge in [-0.1, -0.05) is 53.7 Å². The molecule has 0 aliphatic carbocycles. The van der Waals surface area contributed by atoms with Gasteiger partial charge in [-0.15, -0.1) is 0 Å². The number of aromatic hydroxyl groups is 3. The Bertz CT molecular complexity index is 1030. The maximum atomic E-state index is 12.1. The van der Waals surface area contributed by atoms with E-state index in [2.05, 4.69) is 64.2 Å². The molecule has 2 rings (SSSR count). The van der Waals surface area contributed by atoms with Crippen molar-refractivity contribution in [2.24, 2.45) is 5.10 Å². The fourth-order valence-electron chi connectivity index (χ4n) is 3.33. The second-order valence-corrected chi connectivity index (χ2v) is 9.80. The zero-order valence-electron chi connectivity index (χ0n) is 21.1. The molecule has 2 aromatic carbocycles. The summed E-state index contributed by atoms with van der Waals surface area (Å²) in [5, 5.41) is 32.4. The van der Waals surface area contributed by atoms with Crippen molar-refractivity contribution >= 4 is 12.1 Å². The first-order chi connectivity index (χ1) is 15.9. The Balaban J connectivity index is 1.95. The lowest BCUT2D eigenvalue weighted by Gasteiger charge is -2.30. The molecule has 0 fully saturated rings. The minimum absolute atomic E-state index is 0.0323. The third kappa shape index (κ3) is 6.65. The number of hydrogen-bond donors (Lipinski definition) is 4. The van der Waals surface area contributed by atoms with E-state index in [0.717, 1.165) is 18.6 Å². The van der Waals surface area contributed by atoms with Crippen LogP contribution >= 0.6 is 0 Å². The average molecular weight is 471 g/mol. The van der Waals surface area contributed by atoms with Crippen molar-refractivity contribution in [3.63, 3.8) is 0 Å². The minimum atomic E-state index is -0.635. The molecule has 1 amide bonds. The van der Waals surface area contributed by atoms with E-state index in [1.807, 2.05) is 6.07 Å². The normalized spacial score (nSPS) is 12.2. The molecule has 0 aliphatic heterocycles. The Labute approximate surface area is 202 Å². The fraction of sp³-hybridized carbons (Fsp3) is 0.481. The monoisotopic (exact) mass is 470 g/mol. The molecule has 34 heavy (non-hydrogen) atoms. The summed E-state index contributed by atoms with van der Waals surface area (Å²) in [5.41, 5.74) is 5.08. The molecule has 0 bridgehead atoms. The number of hydrogen-bond acceptors (Lipinski definition) is 6. The van der Waals surface area contributed by atoms with Gasteiger partial charge in [0.2, 0.25) is 11.7 Å². The molecule has 0 atom stereocenters. The summed E-state index contributed by atoms with van der Waals surface area (Å²) in [5.74, 6) is -1.03. The van der Waals surface area contributed by atoms with Crippen molar-refractivity contribution in [1.29, 1.82) is 0 Å². The van der Waals surface area contributed by atoms with Crippen LogP contribution in [0.3, 0.4) is 0 Å². The number of carbonyl (C=O) groups excluding carboxylic acids is 1. The van der Waals surface area contributed by atoms with Crippen LogP contribution in [0, 0.1) is 0 Å². The number of carbonyl (C=O) groups is 1. The smallest absolute Gasteiger partial charge is 0.240 e. The molecule has 0 radical (unpaired) electrons. The van der Waals surface area contributed by atoms with E-state index in [0.29, 0.717) is 13.0 Å². The molecule has 4 N–H and O–H groups in total. The van der Waals surface area contributed by atoms with Gasteiger partial charge in [0.25, 0.3) is 0 Å². The van der Waals surface area contributed by atoms with Crippen LogP contribution in [-0.2, 0) is 15.6 Å². The van der Waals surface area contributed by atoms with Crippen LogP contribution in [0.1, 0.15) is 83.9 Å². The zero-order valence-corrected chi connectivity index (χ0v) is 21.1. The molecule has 0 aromatic heterocycles. The molecule has 0 spiro atoms. The number of rotatable bonds is 11. The number of amides is 1. The van der Waals surface area contributed by atoms with Crippen LogP contribution in [0.2, 0.25) is 0 Å². The van der Waals surface area contributed by atoms with Gasteiger partial charge in [-0.25, -0.2) is 5.43 Å². The third-order valence-electron chi connectivity index (χ3n) is 6.62. The maximum Gasteiger partial charge on any atom is 0.240 e. The SMILES string of the molecule is CCC(C)(C)c1ccc(OCCCC(=O)N/N=C\c2ccc(O)c(O)c2O)c(C(C)(C)CC)c1. The Morgan fingerprint density at radius 1 is 1.00 bits per heavy atom. The summed E-state index contributed by atoms with van der Waals surface area (Å²) in [6.07, 6.45) is 3.96. The van der Waals surface area contributed by atoms with Gasteiger partial charge in [0.15, 0.2) is 11.5 Å². The number of nitrogens with one attached hydrogen (secondary N) is 1. The van der Waals surface area contributed by atoms with E-state index in [1.165, 1.54) is 29.5 Å². The number of benzene rings is 2. The van der Waals surface area contributed by atoms with Gasteiger partial charge in [0.05, 0.1) is 12.8 Å². The number of ether oxygens (including phenoxy) is 1. The highest BCUT2D eigenvalue weighted by atomic mass is 16.5. The van der Waals surface area contributed by atoms with Gasteiger partial charge in [-0.2, -0.15) is 5.10 Å². The molecule has 7 heteroatoms. The Hall–Kier alpha value is -3.22. The second-order valence-electron chi connectivity index (χ2n) is 9.80. The van der Waals surface area contributed by atoms with Gasteiger partial charge in [0.1, 0.15) is 5.75 Å². The van der Waals surface area contributed by atoms with Crippen molar-refractivity contribution in [3.05, 3.63) is 47.0 Å². The van der Waals surface area contributed by atoms with E-state index in [1.54, 1.807) is 0 Å². The summed E-state index contributed by atoms with van der Waals surface area (Å²) >= 11 is 0. The highest BCUT2D eigenvalue weighted by Gasteiger charge is 2.26. The molecular weight excluding hydrogens is 432 g/mol. The summed E-state index contributed by atoms with van der Waals surface area (Å²) in [7, 11) is 0. The summed E-state index contributed by atoms with van der Waals surface area (Å²) in [6.45, 7) is 13.7. The highest BCUT2D eigenvalue weighted by Crippen LogP contribution is 2.38. The summed E-state index contributed by atoms with van der Waals surface area (Å²) in [6, 6.07) is 9.03. The van der Waals surface area contributed by atoms with Crippen LogP contribution in [0.25, 0.3) is 0 Å². The van der Waals surface area contributed by atoms with Gasteiger partial charge < -0.3 is 20.1 Å². The molecule has 186 valence electrons. The van der Waals surface area contributed by atoms with E-state index >= 15 is 0 Å². The van der Waals surface area contributed by atoms with Gasteiger partial charge >= 0.3 is 0 Å². The van der Waals surface area contributed by atoms with Crippen LogP contribution < -0.4 is 10.2 Å². The molecular formula is C27H38N2O5. The standard InChI is InChI=1S/C27H38N2O5/c1-7-26(3,4)19-12-14-22(20(16-19)27(5,6)8-2)34-15-9-10-23(31)29-28-17-18-11-13-21(30)25(33)24(18)32/h11-14,16-17,30,32-33H,7-10,15H2,1-6H3,(H,29,31)/b28-17-. The lowest BCUT2D eigenvalue weighted by molar-refractivity contribution is -0.121. The third-order valence-corrected chi connectivity index (χ3v) is 6.62. The van der Waals surface area contributed by atoms with Gasteiger partial charge in [-0.3, -0.25) is 4.79 Å². The van der Waals surface area contributed by atoms with Gasteiger partial charge in [0, 0.05) is 17.5 Å². The predicted octanol–water partition coefficient (Wildman–Crippen LogP) is 5.49. The first-order valence-electron chi connectivity index (χ1n) is 11.8. The van der Waals surface area contributed by atoms with Crippen LogP contribution in [0.4, 0.5) is 0 Å². The quantitative estimate of drug-likeness (QED) is 0.150. The molecule has 2 aromatic rings. The average Bonchev–Trinajstić information content (AvgIpc) is 2.81. The predicted molar refractivity (Wildman–Crippen MR) is 135 cm³/mol. The van der Waals surface area contributed by atoms with Crippen LogP contribution in [0.5, 0.6) is 23.0 Å². The Kier molecular flexibility index (Phi) is 8.96. The fourth-order valence-corrected chi connectivity index (χ4v) is 3.33. The van der Waals surface area contributed by atoms with Gasteiger partial charge in [-0.05, 0) is 53.9 Å². The first kappa shape index (κ1) is 27.0. The van der Waals surface area contributed by atoms with Crippen LogP contribution in [-0.4, -0.2) is 34.0 Å². The number of phenolic OH excluding ortho intramolecular Hbond substituents is 3. The van der Waals surface area contributed by atoms with Crippen molar-refractivity contribution < 1.29 is 24.9 Å². The lowest BCUT2D eigenvalue weighted by Crippen LogP contribution is -2.21. The lowest BCUT2D eigenvalue weighted by atomic mass is 9.76. The molecule has 0 aliphatic rings. The van der Waals surface area contributed by atoms with Crippen LogP contribution in [0.15, 0.2) is 35.4 Å². The van der Waals surface area contributed by atoms with Crippen molar-refractivity contribution in [1.82, 2.24) is 5.43 Å². The maximum absolute atomic E-state index is 12.1. The second kappa shape index (κ2) is 11.3. The molecule has 7 nitrogen and oxygen atoms in total. The minimum Gasteiger partial charge on any atom is -0.504 e. The summed E-state index contributed by atoms with van der Waals surface area (Å²) in [4.78, 5) is 12.1. The van der Waals surface area contributed by atoms with E-state index in [-0.39, 0.29) is 28.7 Å². The molecule has 0 saturated heterocycles. The van der Waals surface area contributed by atoms with Crippen molar-refractivity contribution in [2.45, 2.75) is 78.1 Å². The van der Waals surface area contributed by atoms with E-state index in [9.17, 15) is 20.1 Å². The van der Waals surface area contributed by atoms with Crippen molar-refractivity contribution in [3.8, 4) is 23.0 Å². The van der Waals surface area contributed by atoms with E-state index < -0.39 is 17.2 Å². The van der Waals surface area contributed by atoms with Crippen molar-refractivity contribution in [2.75, 3.05) is 6.61 Å². The molecule has 0 heterocycles. The topological polar surface area (TPSA) is 111 Å². The highest BCUT2D eigenvalue weighted by molar-refractivity contribution is 5.86. The molecule has 0 unspecified atom stereocenters. The largest absolute Gasteiger partial charge is 0.504 e. The Morgan fingerprint density at radius 2 is 1.68 bits per heavy atom. The summed E-state index contributed by atoms with van der Waals surface area (Å²) < 4.78 is 6.09. The zero-order chi connectivity index (χ0) is 25.5. The first-order valence-corrected chi connectivity index (χ1v) is 11.8. The van der Waals surface area contributed by atoms with E-state index in [4.69, 9.17) is 4.74 Å². The number of phenols is 3. The number of hydrazone groups is 1. The number of nitrogens with zero attached hydrogens (tertiary/aromatic N) is 1. The Morgan fingerprint density at radius 3 is 2.32 bits per heavy atom.